The number of amides is 2. The number of carbonyl (C=O) groups excluding carboxylic acids is 2. The molecule has 0 fully saturated rings. The molecule has 1 heterocycles. The first kappa shape index (κ1) is 11.2. The molecule has 1 aliphatic heterocycles. The van der Waals surface area contributed by atoms with Crippen LogP contribution in [0.1, 0.15) is 26.7 Å². The van der Waals surface area contributed by atoms with Gasteiger partial charge in [-0.1, -0.05) is 0 Å². The van der Waals surface area contributed by atoms with E-state index in [9.17, 15) is 9.59 Å². The molecule has 2 amide bonds. The standard InChI is InChI=1S/C9H12N4O2/c1-9(2,5-10)11-8(15)6-3-4-7(14)13-12-6/h3-4H2,1-2H3,(H,11,15)(H,13,14). The van der Waals surface area contributed by atoms with Gasteiger partial charge in [-0.15, -0.1) is 0 Å². The van der Waals surface area contributed by atoms with E-state index in [1.54, 1.807) is 13.8 Å². The van der Waals surface area contributed by atoms with Gasteiger partial charge in [0.1, 0.15) is 11.3 Å². The van der Waals surface area contributed by atoms with E-state index < -0.39 is 11.4 Å². The fraction of sp³-hybridized carbons (Fsp3) is 0.556. The Labute approximate surface area is 87.3 Å². The Morgan fingerprint density at radius 3 is 2.73 bits per heavy atom. The van der Waals surface area contributed by atoms with Gasteiger partial charge < -0.3 is 5.32 Å². The Kier molecular flexibility index (Phi) is 3.04. The van der Waals surface area contributed by atoms with Crippen molar-refractivity contribution in [3.8, 4) is 6.07 Å². The van der Waals surface area contributed by atoms with Crippen molar-refractivity contribution in [2.45, 2.75) is 32.2 Å². The van der Waals surface area contributed by atoms with E-state index in [4.69, 9.17) is 5.26 Å². The monoisotopic (exact) mass is 208 g/mol. The fourth-order valence-electron chi connectivity index (χ4n) is 1.02. The zero-order chi connectivity index (χ0) is 11.5. The summed E-state index contributed by atoms with van der Waals surface area (Å²) >= 11 is 0. The van der Waals surface area contributed by atoms with Crippen LogP contribution in [0.5, 0.6) is 0 Å². The van der Waals surface area contributed by atoms with Gasteiger partial charge in [-0.2, -0.15) is 10.4 Å². The average molecular weight is 208 g/mol. The third-order valence-electron chi connectivity index (χ3n) is 1.87. The number of hydrazone groups is 1. The van der Waals surface area contributed by atoms with Crippen LogP contribution in [0.2, 0.25) is 0 Å². The summed E-state index contributed by atoms with van der Waals surface area (Å²) in [5.74, 6) is -0.618. The molecule has 0 aromatic rings. The molecule has 0 unspecified atom stereocenters. The van der Waals surface area contributed by atoms with E-state index in [2.05, 4.69) is 15.8 Å². The van der Waals surface area contributed by atoms with Crippen LogP contribution in [0.25, 0.3) is 0 Å². The molecule has 2 N–H and O–H groups in total. The summed E-state index contributed by atoms with van der Waals surface area (Å²) in [6.45, 7) is 3.18. The molecular formula is C9H12N4O2. The SMILES string of the molecule is CC(C)(C#N)NC(=O)C1=NNC(=O)CC1. The third-order valence-corrected chi connectivity index (χ3v) is 1.87. The highest BCUT2D eigenvalue weighted by atomic mass is 16.2. The highest BCUT2D eigenvalue weighted by molar-refractivity contribution is 6.39. The van der Waals surface area contributed by atoms with Gasteiger partial charge in [0, 0.05) is 12.8 Å². The third kappa shape index (κ3) is 3.06. The molecule has 0 saturated heterocycles. The quantitative estimate of drug-likeness (QED) is 0.650. The summed E-state index contributed by atoms with van der Waals surface area (Å²) in [5.41, 5.74) is 1.54. The summed E-state index contributed by atoms with van der Waals surface area (Å²) in [6.07, 6.45) is 0.554. The van der Waals surface area contributed by atoms with Crippen molar-refractivity contribution in [1.29, 1.82) is 5.26 Å². The second kappa shape index (κ2) is 4.09. The molecule has 15 heavy (non-hydrogen) atoms. The van der Waals surface area contributed by atoms with Gasteiger partial charge in [0.05, 0.1) is 6.07 Å². The molecule has 0 spiro atoms. The van der Waals surface area contributed by atoms with Crippen LogP contribution in [0, 0.1) is 11.3 Å². The number of nitrogens with zero attached hydrogens (tertiary/aromatic N) is 2. The highest BCUT2D eigenvalue weighted by Gasteiger charge is 2.24. The maximum absolute atomic E-state index is 11.5. The van der Waals surface area contributed by atoms with Crippen LogP contribution < -0.4 is 10.7 Å². The van der Waals surface area contributed by atoms with Crippen molar-refractivity contribution >= 4 is 17.5 Å². The summed E-state index contributed by atoms with van der Waals surface area (Å²) < 4.78 is 0. The number of carbonyl (C=O) groups is 2. The van der Waals surface area contributed by atoms with Crippen molar-refractivity contribution in [2.24, 2.45) is 5.10 Å². The predicted octanol–water partition coefficient (Wildman–Crippen LogP) is -0.329. The van der Waals surface area contributed by atoms with E-state index in [0.29, 0.717) is 6.42 Å². The molecule has 80 valence electrons. The minimum Gasteiger partial charge on any atom is -0.333 e. The van der Waals surface area contributed by atoms with Crippen molar-refractivity contribution in [3.63, 3.8) is 0 Å². The van der Waals surface area contributed by atoms with Crippen molar-refractivity contribution in [3.05, 3.63) is 0 Å². The fourth-order valence-corrected chi connectivity index (χ4v) is 1.02. The zero-order valence-corrected chi connectivity index (χ0v) is 8.63. The van der Waals surface area contributed by atoms with Gasteiger partial charge in [0.2, 0.25) is 5.91 Å². The van der Waals surface area contributed by atoms with E-state index in [-0.39, 0.29) is 18.0 Å². The molecule has 0 aromatic carbocycles. The molecule has 1 rings (SSSR count). The van der Waals surface area contributed by atoms with Crippen molar-refractivity contribution in [2.75, 3.05) is 0 Å². The van der Waals surface area contributed by atoms with E-state index in [0.717, 1.165) is 0 Å². The molecule has 0 aliphatic carbocycles. The Bertz CT molecular complexity index is 365. The number of hydrogen-bond donors (Lipinski definition) is 2. The summed E-state index contributed by atoms with van der Waals surface area (Å²) in [6, 6.07) is 1.95. The molecule has 0 atom stereocenters. The first-order valence-electron chi connectivity index (χ1n) is 4.54. The van der Waals surface area contributed by atoms with Gasteiger partial charge in [0.15, 0.2) is 0 Å². The summed E-state index contributed by atoms with van der Waals surface area (Å²) in [5, 5.41) is 14.8. The number of nitrogens with one attached hydrogen (secondary N) is 2. The van der Waals surface area contributed by atoms with Crippen molar-refractivity contribution < 1.29 is 9.59 Å². The van der Waals surface area contributed by atoms with Crippen LogP contribution in [-0.4, -0.2) is 23.1 Å². The van der Waals surface area contributed by atoms with Crippen molar-refractivity contribution in [1.82, 2.24) is 10.7 Å². The largest absolute Gasteiger partial charge is 0.333 e. The summed E-state index contributed by atoms with van der Waals surface area (Å²) in [4.78, 5) is 22.3. The molecular weight excluding hydrogens is 196 g/mol. The lowest BCUT2D eigenvalue weighted by Crippen LogP contribution is -2.46. The minimum atomic E-state index is -0.930. The van der Waals surface area contributed by atoms with Gasteiger partial charge >= 0.3 is 0 Å². The topological polar surface area (TPSA) is 94.3 Å². The minimum absolute atomic E-state index is 0.203. The molecule has 0 bridgehead atoms. The van der Waals surface area contributed by atoms with Gasteiger partial charge in [0.25, 0.3) is 5.91 Å². The van der Waals surface area contributed by atoms with Gasteiger partial charge in [-0.3, -0.25) is 9.59 Å². The Morgan fingerprint density at radius 1 is 1.60 bits per heavy atom. The highest BCUT2D eigenvalue weighted by Crippen LogP contribution is 2.03. The van der Waals surface area contributed by atoms with Crippen LogP contribution in [0.15, 0.2) is 5.10 Å². The number of hydrogen-bond acceptors (Lipinski definition) is 4. The first-order valence-corrected chi connectivity index (χ1v) is 4.54. The maximum atomic E-state index is 11.5. The van der Waals surface area contributed by atoms with Gasteiger partial charge in [-0.25, -0.2) is 5.43 Å². The Hall–Kier alpha value is -1.90. The smallest absolute Gasteiger partial charge is 0.268 e. The zero-order valence-electron chi connectivity index (χ0n) is 8.63. The van der Waals surface area contributed by atoms with Crippen LogP contribution >= 0.6 is 0 Å². The van der Waals surface area contributed by atoms with E-state index in [1.807, 2.05) is 6.07 Å². The van der Waals surface area contributed by atoms with Gasteiger partial charge in [-0.05, 0) is 13.8 Å². The van der Waals surface area contributed by atoms with Crippen LogP contribution in [0.3, 0.4) is 0 Å². The molecule has 6 nitrogen and oxygen atoms in total. The lowest BCUT2D eigenvalue weighted by molar-refractivity contribution is -0.121. The summed E-state index contributed by atoms with van der Waals surface area (Å²) in [7, 11) is 0. The molecule has 1 aliphatic rings. The molecule has 0 radical (unpaired) electrons. The Morgan fingerprint density at radius 2 is 2.27 bits per heavy atom. The average Bonchev–Trinajstić information content (AvgIpc) is 2.18. The van der Waals surface area contributed by atoms with Crippen LogP contribution in [0.4, 0.5) is 0 Å². The van der Waals surface area contributed by atoms with Crippen LogP contribution in [-0.2, 0) is 9.59 Å². The second-order valence-corrected chi connectivity index (χ2v) is 3.78. The predicted molar refractivity (Wildman–Crippen MR) is 52.6 cm³/mol. The molecule has 6 heteroatoms. The Balaban J connectivity index is 2.63. The molecule has 0 aromatic heterocycles. The lowest BCUT2D eigenvalue weighted by Gasteiger charge is -2.19. The number of rotatable bonds is 2. The van der Waals surface area contributed by atoms with E-state index in [1.165, 1.54) is 0 Å². The second-order valence-electron chi connectivity index (χ2n) is 3.78. The molecule has 0 saturated carbocycles. The first-order chi connectivity index (χ1) is 6.94. The maximum Gasteiger partial charge on any atom is 0.268 e. The number of nitriles is 1. The normalized spacial score (nSPS) is 16.1. The lowest BCUT2D eigenvalue weighted by atomic mass is 10.1. The van der Waals surface area contributed by atoms with E-state index >= 15 is 0 Å².